The number of aromatic nitrogens is 2. The van der Waals surface area contributed by atoms with Crippen molar-refractivity contribution < 1.29 is 4.74 Å². The van der Waals surface area contributed by atoms with Crippen LogP contribution < -0.4 is 5.32 Å². The maximum Gasteiger partial charge on any atom is 0.0949 e. The Bertz CT molecular complexity index is 805. The average Bonchev–Trinajstić information content (AvgIpc) is 3.13. The minimum absolute atomic E-state index is 0.136. The summed E-state index contributed by atoms with van der Waals surface area (Å²) in [6, 6.07) is 18.2. The van der Waals surface area contributed by atoms with E-state index in [9.17, 15) is 0 Å². The van der Waals surface area contributed by atoms with Gasteiger partial charge in [0.15, 0.2) is 0 Å². The predicted octanol–water partition coefficient (Wildman–Crippen LogP) is 4.06. The zero-order valence-electron chi connectivity index (χ0n) is 13.1. The van der Waals surface area contributed by atoms with Crippen LogP contribution in [0.25, 0.3) is 22.5 Å². The summed E-state index contributed by atoms with van der Waals surface area (Å²) < 4.78 is 5.79. The van der Waals surface area contributed by atoms with Gasteiger partial charge in [0.05, 0.1) is 24.1 Å². The molecule has 2 aromatic carbocycles. The first-order valence-corrected chi connectivity index (χ1v) is 8.41. The second-order valence-electron chi connectivity index (χ2n) is 5.86. The molecule has 1 atom stereocenters. The lowest BCUT2D eigenvalue weighted by Crippen LogP contribution is -2.33. The van der Waals surface area contributed by atoms with Crippen molar-refractivity contribution >= 4 is 11.6 Å². The van der Waals surface area contributed by atoms with Gasteiger partial charge in [0.25, 0.3) is 0 Å². The molecule has 2 heterocycles. The van der Waals surface area contributed by atoms with Crippen LogP contribution in [-0.4, -0.2) is 29.9 Å². The summed E-state index contributed by atoms with van der Waals surface area (Å²) in [6.45, 7) is 2.55. The molecule has 0 aliphatic carbocycles. The normalized spacial score (nSPS) is 17.8. The molecule has 1 saturated heterocycles. The van der Waals surface area contributed by atoms with Crippen LogP contribution in [0.3, 0.4) is 0 Å². The van der Waals surface area contributed by atoms with Crippen molar-refractivity contribution in [3.63, 3.8) is 0 Å². The molecule has 24 heavy (non-hydrogen) atoms. The van der Waals surface area contributed by atoms with Crippen molar-refractivity contribution in [3.05, 3.63) is 65.2 Å². The number of morpholine rings is 1. The van der Waals surface area contributed by atoms with Crippen molar-refractivity contribution in [2.45, 2.75) is 6.10 Å². The number of halogens is 1. The summed E-state index contributed by atoms with van der Waals surface area (Å²) >= 11 is 5.94. The van der Waals surface area contributed by atoms with Gasteiger partial charge in [-0.05, 0) is 29.3 Å². The summed E-state index contributed by atoms with van der Waals surface area (Å²) in [5, 5.41) is 11.6. The van der Waals surface area contributed by atoms with E-state index in [1.807, 2.05) is 24.3 Å². The van der Waals surface area contributed by atoms with Crippen LogP contribution in [0.2, 0.25) is 5.02 Å². The lowest BCUT2D eigenvalue weighted by atomic mass is 10.0. The van der Waals surface area contributed by atoms with Gasteiger partial charge in [-0.2, -0.15) is 5.10 Å². The average molecular weight is 340 g/mol. The van der Waals surface area contributed by atoms with E-state index in [0.717, 1.165) is 47.2 Å². The van der Waals surface area contributed by atoms with Crippen LogP contribution in [0.5, 0.6) is 0 Å². The van der Waals surface area contributed by atoms with Gasteiger partial charge in [-0.3, -0.25) is 5.10 Å². The minimum atomic E-state index is 0.136. The largest absolute Gasteiger partial charge is 0.371 e. The fraction of sp³-hybridized carbons (Fsp3) is 0.211. The first kappa shape index (κ1) is 15.4. The number of aromatic amines is 1. The quantitative estimate of drug-likeness (QED) is 0.756. The zero-order chi connectivity index (χ0) is 16.4. The summed E-state index contributed by atoms with van der Waals surface area (Å²) in [5.74, 6) is 0. The van der Waals surface area contributed by atoms with Crippen molar-refractivity contribution in [2.24, 2.45) is 0 Å². The molecular weight excluding hydrogens is 322 g/mol. The molecular formula is C19H18ClN3O. The standard InChI is InChI=1S/C19H18ClN3O/c20-16-7-5-14(6-8-16)18-11-17(22-23-18)13-1-3-15(4-2-13)19-12-21-9-10-24-19/h1-8,11,19,21H,9-10,12H2,(H,22,23). The molecule has 5 heteroatoms. The lowest BCUT2D eigenvalue weighted by Gasteiger charge is -2.24. The minimum Gasteiger partial charge on any atom is -0.371 e. The molecule has 1 aliphatic rings. The summed E-state index contributed by atoms with van der Waals surface area (Å²) in [6.07, 6.45) is 0.136. The third kappa shape index (κ3) is 3.22. The molecule has 1 aliphatic heterocycles. The van der Waals surface area contributed by atoms with E-state index in [2.05, 4.69) is 45.8 Å². The van der Waals surface area contributed by atoms with Crippen molar-refractivity contribution in [1.82, 2.24) is 15.5 Å². The number of ether oxygens (including phenoxy) is 1. The Morgan fingerprint density at radius 1 is 1.00 bits per heavy atom. The summed E-state index contributed by atoms with van der Waals surface area (Å²) in [4.78, 5) is 0. The SMILES string of the molecule is Clc1ccc(-c2cc(-c3ccc(C4CNCCO4)cc3)n[nH]2)cc1. The number of benzene rings is 2. The van der Waals surface area contributed by atoms with Gasteiger partial charge in [-0.25, -0.2) is 0 Å². The van der Waals surface area contributed by atoms with Gasteiger partial charge in [0.2, 0.25) is 0 Å². The Morgan fingerprint density at radius 2 is 1.75 bits per heavy atom. The molecule has 122 valence electrons. The molecule has 0 saturated carbocycles. The van der Waals surface area contributed by atoms with E-state index < -0.39 is 0 Å². The Hall–Kier alpha value is -2.14. The summed E-state index contributed by atoms with van der Waals surface area (Å²) in [7, 11) is 0. The van der Waals surface area contributed by atoms with Crippen LogP contribution in [-0.2, 0) is 4.74 Å². The number of hydrogen-bond acceptors (Lipinski definition) is 3. The molecule has 1 aromatic heterocycles. The van der Waals surface area contributed by atoms with E-state index in [1.54, 1.807) is 0 Å². The molecule has 1 unspecified atom stereocenters. The molecule has 0 amide bonds. The first-order chi connectivity index (χ1) is 11.8. The van der Waals surface area contributed by atoms with Gasteiger partial charge < -0.3 is 10.1 Å². The van der Waals surface area contributed by atoms with Gasteiger partial charge in [0, 0.05) is 23.7 Å². The number of H-pyrrole nitrogens is 1. The first-order valence-electron chi connectivity index (χ1n) is 8.03. The maximum atomic E-state index is 5.94. The van der Waals surface area contributed by atoms with Crippen LogP contribution in [0, 0.1) is 0 Å². The highest BCUT2D eigenvalue weighted by Gasteiger charge is 2.15. The van der Waals surface area contributed by atoms with Crippen LogP contribution in [0.4, 0.5) is 0 Å². The van der Waals surface area contributed by atoms with Gasteiger partial charge in [-0.1, -0.05) is 48.0 Å². The van der Waals surface area contributed by atoms with E-state index >= 15 is 0 Å². The third-order valence-electron chi connectivity index (χ3n) is 4.24. The van der Waals surface area contributed by atoms with Crippen LogP contribution in [0.15, 0.2) is 54.6 Å². The predicted molar refractivity (Wildman–Crippen MR) is 96.0 cm³/mol. The van der Waals surface area contributed by atoms with Gasteiger partial charge >= 0.3 is 0 Å². The van der Waals surface area contributed by atoms with Crippen LogP contribution in [0.1, 0.15) is 11.7 Å². The van der Waals surface area contributed by atoms with Crippen molar-refractivity contribution in [1.29, 1.82) is 0 Å². The highest BCUT2D eigenvalue weighted by atomic mass is 35.5. The molecule has 1 fully saturated rings. The number of nitrogens with one attached hydrogen (secondary N) is 2. The van der Waals surface area contributed by atoms with E-state index in [4.69, 9.17) is 16.3 Å². The maximum absolute atomic E-state index is 5.94. The van der Waals surface area contributed by atoms with E-state index in [1.165, 1.54) is 5.56 Å². The number of rotatable bonds is 3. The van der Waals surface area contributed by atoms with Gasteiger partial charge in [0.1, 0.15) is 0 Å². The molecule has 4 nitrogen and oxygen atoms in total. The molecule has 0 spiro atoms. The monoisotopic (exact) mass is 339 g/mol. The number of hydrogen-bond donors (Lipinski definition) is 2. The fourth-order valence-corrected chi connectivity index (χ4v) is 3.02. The van der Waals surface area contributed by atoms with Gasteiger partial charge in [-0.15, -0.1) is 0 Å². The zero-order valence-corrected chi connectivity index (χ0v) is 13.9. The second kappa shape index (κ2) is 6.77. The second-order valence-corrected chi connectivity index (χ2v) is 6.30. The van der Waals surface area contributed by atoms with E-state index in [0.29, 0.717) is 0 Å². The van der Waals surface area contributed by atoms with Crippen molar-refractivity contribution in [2.75, 3.05) is 19.7 Å². The topological polar surface area (TPSA) is 49.9 Å². The Balaban J connectivity index is 1.54. The fourth-order valence-electron chi connectivity index (χ4n) is 2.89. The van der Waals surface area contributed by atoms with Crippen molar-refractivity contribution in [3.8, 4) is 22.5 Å². The molecule has 0 radical (unpaired) electrons. The molecule has 2 N–H and O–H groups in total. The Morgan fingerprint density at radius 3 is 2.46 bits per heavy atom. The molecule has 3 aromatic rings. The highest BCUT2D eigenvalue weighted by Crippen LogP contribution is 2.26. The highest BCUT2D eigenvalue weighted by molar-refractivity contribution is 6.30. The van der Waals surface area contributed by atoms with E-state index in [-0.39, 0.29) is 6.10 Å². The lowest BCUT2D eigenvalue weighted by molar-refractivity contribution is 0.0277. The molecule has 4 rings (SSSR count). The Labute approximate surface area is 145 Å². The molecule has 0 bridgehead atoms. The number of nitrogens with zero attached hydrogens (tertiary/aromatic N) is 1. The third-order valence-corrected chi connectivity index (χ3v) is 4.49. The Kier molecular flexibility index (Phi) is 4.34. The summed E-state index contributed by atoms with van der Waals surface area (Å²) in [5.41, 5.74) is 5.24. The van der Waals surface area contributed by atoms with Crippen LogP contribution >= 0.6 is 11.6 Å². The smallest absolute Gasteiger partial charge is 0.0949 e.